The van der Waals surface area contributed by atoms with Crippen LogP contribution in [0.25, 0.3) is 22.3 Å². The Morgan fingerprint density at radius 3 is 1.12 bits per heavy atom. The second kappa shape index (κ2) is 10.6. The molecule has 49 heavy (non-hydrogen) atoms. The standard InChI is InChI=1S/C44H43F4N/c1-39(2)35-21-19-28(26-37(35)41(5,6)43(39,45)46)30-23-31(29-20-22-36-38(27-29)42(7,8)44(47,48)40(36,3)4)25-34(24-30)49(32-15-11-9-12-16-32)33-17-13-10-14-18-33/h9-27H,1-8H3/i9D,10D,11D,12D,13D,14D,15D,16D,17D,18D. The van der Waals surface area contributed by atoms with Crippen molar-refractivity contribution < 1.29 is 31.3 Å². The smallest absolute Gasteiger partial charge is 0.266 e. The second-order valence-corrected chi connectivity index (χ2v) is 15.2. The topological polar surface area (TPSA) is 3.24 Å². The Bertz CT molecular complexity index is 2420. The van der Waals surface area contributed by atoms with Crippen molar-refractivity contribution in [3.63, 3.8) is 0 Å². The van der Waals surface area contributed by atoms with Gasteiger partial charge in [0.2, 0.25) is 0 Å². The van der Waals surface area contributed by atoms with Crippen LogP contribution in [0.15, 0.2) is 115 Å². The first-order valence-corrected chi connectivity index (χ1v) is 16.1. The van der Waals surface area contributed by atoms with Gasteiger partial charge < -0.3 is 4.90 Å². The van der Waals surface area contributed by atoms with E-state index in [-0.39, 0.29) is 5.69 Å². The third-order valence-corrected chi connectivity index (χ3v) is 11.1. The van der Waals surface area contributed by atoms with Crippen LogP contribution in [-0.2, 0) is 21.7 Å². The molecule has 0 amide bonds. The molecule has 0 fully saturated rings. The maximum Gasteiger partial charge on any atom is 0.266 e. The van der Waals surface area contributed by atoms with Gasteiger partial charge >= 0.3 is 0 Å². The zero-order chi connectivity index (χ0) is 44.1. The van der Waals surface area contributed by atoms with Gasteiger partial charge in [0.05, 0.1) is 35.4 Å². The fraction of sp³-hybridized carbons (Fsp3) is 0.318. The number of anilines is 3. The predicted octanol–water partition coefficient (Wildman–Crippen LogP) is 12.9. The summed E-state index contributed by atoms with van der Waals surface area (Å²) in [6.45, 7) is 11.8. The second-order valence-electron chi connectivity index (χ2n) is 15.2. The molecule has 5 aromatic carbocycles. The highest BCUT2D eigenvalue weighted by Crippen LogP contribution is 2.61. The summed E-state index contributed by atoms with van der Waals surface area (Å²) >= 11 is 0. The highest BCUT2D eigenvalue weighted by Gasteiger charge is 2.66. The van der Waals surface area contributed by atoms with Crippen LogP contribution in [-0.4, -0.2) is 11.8 Å². The Morgan fingerprint density at radius 1 is 0.408 bits per heavy atom. The van der Waals surface area contributed by atoms with E-state index in [1.54, 1.807) is 42.5 Å². The molecule has 0 bridgehead atoms. The molecule has 2 aliphatic rings. The molecular formula is C44H43F4N. The summed E-state index contributed by atoms with van der Waals surface area (Å²) in [4.78, 5) is 1.02. The number of nitrogens with zero attached hydrogens (tertiary/aromatic N) is 1. The van der Waals surface area contributed by atoms with Crippen LogP contribution < -0.4 is 4.90 Å². The van der Waals surface area contributed by atoms with E-state index in [1.807, 2.05) is 0 Å². The van der Waals surface area contributed by atoms with Crippen molar-refractivity contribution in [2.45, 2.75) is 88.9 Å². The Hall–Kier alpha value is -4.38. The molecule has 0 aromatic heterocycles. The predicted molar refractivity (Wildman–Crippen MR) is 194 cm³/mol. The van der Waals surface area contributed by atoms with Crippen LogP contribution in [0.3, 0.4) is 0 Å². The lowest BCUT2D eigenvalue weighted by Crippen LogP contribution is -2.46. The summed E-state index contributed by atoms with van der Waals surface area (Å²) in [5, 5.41) is 0. The van der Waals surface area contributed by atoms with E-state index in [2.05, 4.69) is 0 Å². The normalized spacial score (nSPS) is 22.9. The largest absolute Gasteiger partial charge is 0.310 e. The fourth-order valence-electron chi connectivity index (χ4n) is 7.96. The summed E-state index contributed by atoms with van der Waals surface area (Å²) in [5.41, 5.74) is -4.10. The van der Waals surface area contributed by atoms with Crippen molar-refractivity contribution in [1.82, 2.24) is 0 Å². The van der Waals surface area contributed by atoms with E-state index < -0.39 is 105 Å². The monoisotopic (exact) mass is 671 g/mol. The number of hydrogen-bond acceptors (Lipinski definition) is 1. The van der Waals surface area contributed by atoms with Crippen molar-refractivity contribution in [1.29, 1.82) is 0 Å². The summed E-state index contributed by atoms with van der Waals surface area (Å²) in [6.07, 6.45) is 0. The molecule has 0 aliphatic heterocycles. The first-order chi connectivity index (χ1) is 27.0. The number of hydrogen-bond donors (Lipinski definition) is 0. The van der Waals surface area contributed by atoms with E-state index in [0.29, 0.717) is 44.5 Å². The molecule has 5 aromatic rings. The summed E-state index contributed by atoms with van der Waals surface area (Å²) in [5.74, 6) is -6.31. The molecule has 252 valence electrons. The maximum absolute atomic E-state index is 16.1. The first kappa shape index (κ1) is 23.1. The summed E-state index contributed by atoms with van der Waals surface area (Å²) in [6, 6.07) is 7.27. The summed E-state index contributed by atoms with van der Waals surface area (Å²) in [7, 11) is 0. The van der Waals surface area contributed by atoms with Gasteiger partial charge in [0, 0.05) is 17.1 Å². The third kappa shape index (κ3) is 4.50. The Kier molecular flexibility index (Phi) is 4.98. The summed E-state index contributed by atoms with van der Waals surface area (Å²) < 4.78 is 151. The molecule has 0 atom stereocenters. The van der Waals surface area contributed by atoms with Gasteiger partial charge in [-0.25, -0.2) is 17.6 Å². The molecular weight excluding hydrogens is 618 g/mol. The molecule has 0 unspecified atom stereocenters. The highest BCUT2D eigenvalue weighted by molar-refractivity contribution is 5.85. The van der Waals surface area contributed by atoms with Gasteiger partial charge in [0.25, 0.3) is 11.8 Å². The minimum Gasteiger partial charge on any atom is -0.310 e. The van der Waals surface area contributed by atoms with Crippen molar-refractivity contribution in [2.75, 3.05) is 4.90 Å². The van der Waals surface area contributed by atoms with Crippen molar-refractivity contribution in [3.8, 4) is 22.3 Å². The Morgan fingerprint density at radius 2 is 0.755 bits per heavy atom. The molecule has 7 rings (SSSR count). The van der Waals surface area contributed by atoms with Gasteiger partial charge in [0.1, 0.15) is 0 Å². The minimum atomic E-state index is -3.15. The average molecular weight is 672 g/mol. The number of halogens is 4. The third-order valence-electron chi connectivity index (χ3n) is 11.1. The lowest BCUT2D eigenvalue weighted by molar-refractivity contribution is -0.105. The molecule has 5 heteroatoms. The number of rotatable bonds is 5. The van der Waals surface area contributed by atoms with Gasteiger partial charge in [0.15, 0.2) is 0 Å². The highest BCUT2D eigenvalue weighted by atomic mass is 19.3. The zero-order valence-electron chi connectivity index (χ0n) is 38.7. The van der Waals surface area contributed by atoms with E-state index in [1.165, 1.54) is 67.5 Å². The number of benzene rings is 5. The van der Waals surface area contributed by atoms with Crippen molar-refractivity contribution in [2.24, 2.45) is 0 Å². The molecule has 1 nitrogen and oxygen atoms in total. The van der Waals surface area contributed by atoms with Gasteiger partial charge in [-0.2, -0.15) is 0 Å². The molecule has 0 saturated carbocycles. The fourth-order valence-corrected chi connectivity index (χ4v) is 7.96. The van der Waals surface area contributed by atoms with Gasteiger partial charge in [-0.3, -0.25) is 0 Å². The lowest BCUT2D eigenvalue weighted by Gasteiger charge is -2.35. The molecule has 0 N–H and O–H groups in total. The van der Waals surface area contributed by atoms with Crippen LogP contribution in [0, 0.1) is 0 Å². The number of alkyl halides is 4. The van der Waals surface area contributed by atoms with Crippen LogP contribution in [0.2, 0.25) is 0 Å². The zero-order valence-corrected chi connectivity index (χ0v) is 28.7. The van der Waals surface area contributed by atoms with E-state index in [9.17, 15) is 0 Å². The van der Waals surface area contributed by atoms with Crippen LogP contribution >= 0.6 is 0 Å². The van der Waals surface area contributed by atoms with Crippen molar-refractivity contribution in [3.05, 3.63) is 137 Å². The Balaban J connectivity index is 1.61. The van der Waals surface area contributed by atoms with E-state index in [0.717, 1.165) is 4.90 Å². The van der Waals surface area contributed by atoms with Crippen LogP contribution in [0.5, 0.6) is 0 Å². The average Bonchev–Trinajstić information content (AvgIpc) is 3.36. The van der Waals surface area contributed by atoms with Crippen LogP contribution in [0.1, 0.15) is 91.4 Å². The van der Waals surface area contributed by atoms with Gasteiger partial charge in [-0.05, 0) is 142 Å². The van der Waals surface area contributed by atoms with E-state index in [4.69, 9.17) is 13.7 Å². The molecule has 0 radical (unpaired) electrons. The quantitative estimate of drug-likeness (QED) is 0.168. The molecule has 0 saturated heterocycles. The SMILES string of the molecule is [2H]c1c([2H])c([2H])c(N(c2cc(-c3ccc4c(c3)C(C)(C)C(F)(F)C4(C)C)cc(-c3ccc4c(c3)C(C)(C)C(F)(F)C4(C)C)c2)c2c([2H])c([2H])c([2H])c([2H])c2[2H])c([2H])c1[2H]. The lowest BCUT2D eigenvalue weighted by atomic mass is 9.77. The molecule has 0 heterocycles. The van der Waals surface area contributed by atoms with Gasteiger partial charge in [-0.15, -0.1) is 0 Å². The van der Waals surface area contributed by atoms with Gasteiger partial charge in [-0.1, -0.05) is 72.7 Å². The van der Waals surface area contributed by atoms with Crippen molar-refractivity contribution >= 4 is 17.1 Å². The van der Waals surface area contributed by atoms with E-state index >= 15 is 17.6 Å². The Labute approximate surface area is 301 Å². The molecule has 0 spiro atoms. The maximum atomic E-state index is 16.1. The molecule has 2 aliphatic carbocycles. The minimum absolute atomic E-state index is 0.0228. The van der Waals surface area contributed by atoms with Crippen LogP contribution in [0.4, 0.5) is 34.6 Å². The first-order valence-electron chi connectivity index (χ1n) is 21.1. The number of para-hydroxylation sites is 2. The number of fused-ring (bicyclic) bond motifs is 2.